The van der Waals surface area contributed by atoms with Crippen molar-refractivity contribution >= 4 is 23.4 Å². The van der Waals surface area contributed by atoms with Crippen molar-refractivity contribution < 1.29 is 18.0 Å². The second-order valence-electron chi connectivity index (χ2n) is 6.84. The van der Waals surface area contributed by atoms with Crippen LogP contribution in [-0.2, 0) is 4.79 Å². The molecule has 0 atom stereocenters. The number of halogens is 3. The number of rotatable bonds is 4. The number of aryl methyl sites for hydroxylation is 2. The van der Waals surface area contributed by atoms with E-state index in [-0.39, 0.29) is 13.1 Å². The minimum absolute atomic E-state index is 0.235. The van der Waals surface area contributed by atoms with Gasteiger partial charge in [0.2, 0.25) is 11.9 Å². The average molecular weight is 393 g/mol. The third-order valence-corrected chi connectivity index (χ3v) is 4.46. The molecule has 0 aliphatic carbocycles. The molecule has 1 aliphatic heterocycles. The van der Waals surface area contributed by atoms with Crippen molar-refractivity contribution in [3.63, 3.8) is 0 Å². The van der Waals surface area contributed by atoms with E-state index in [0.717, 1.165) is 16.9 Å². The van der Waals surface area contributed by atoms with Gasteiger partial charge >= 0.3 is 6.18 Å². The summed E-state index contributed by atoms with van der Waals surface area (Å²) in [6.07, 6.45) is -5.89. The maximum Gasteiger partial charge on any atom is 0.397 e. The molecule has 28 heavy (non-hydrogen) atoms. The minimum Gasteiger partial charge on any atom is -0.353 e. The monoisotopic (exact) mass is 393 g/mol. The topological polar surface area (TPSA) is 61.4 Å². The van der Waals surface area contributed by atoms with Crippen molar-refractivity contribution in [2.45, 2.75) is 26.4 Å². The van der Waals surface area contributed by atoms with Crippen LogP contribution in [0, 0.1) is 13.8 Å². The number of alkyl halides is 3. The summed E-state index contributed by atoms with van der Waals surface area (Å²) < 4.78 is 37.2. The zero-order valence-corrected chi connectivity index (χ0v) is 15.8. The van der Waals surface area contributed by atoms with Crippen LogP contribution in [-0.4, -0.2) is 53.1 Å². The second kappa shape index (κ2) is 8.04. The standard InChI is InChI=1S/C19H22F3N5O/c1-13-3-5-15(6-4-13)24-18-23-14(2)11-16(25-18)26-7-9-27(10-8-26)17(28)12-19(20,21)22/h3-6,11H,7-10,12H2,1-2H3,(H,23,24,25). The number of nitrogens with one attached hydrogen (secondary N) is 1. The van der Waals surface area contributed by atoms with Crippen LogP contribution < -0.4 is 10.2 Å². The van der Waals surface area contributed by atoms with Gasteiger partial charge in [0.25, 0.3) is 0 Å². The molecular weight excluding hydrogens is 371 g/mol. The normalized spacial score (nSPS) is 14.9. The SMILES string of the molecule is Cc1ccc(Nc2nc(C)cc(N3CCN(C(=O)CC(F)(F)F)CC3)n2)cc1. The summed E-state index contributed by atoms with van der Waals surface area (Å²) in [7, 11) is 0. The van der Waals surface area contributed by atoms with Gasteiger partial charge in [0.05, 0.1) is 0 Å². The Morgan fingerprint density at radius 3 is 2.32 bits per heavy atom. The van der Waals surface area contributed by atoms with E-state index in [0.29, 0.717) is 24.9 Å². The van der Waals surface area contributed by atoms with Gasteiger partial charge in [0, 0.05) is 43.6 Å². The Hall–Kier alpha value is -2.84. The van der Waals surface area contributed by atoms with Crippen molar-refractivity contribution in [3.05, 3.63) is 41.6 Å². The molecule has 1 aliphatic rings. The molecule has 0 unspecified atom stereocenters. The lowest BCUT2D eigenvalue weighted by Gasteiger charge is -2.35. The molecule has 2 aromatic rings. The van der Waals surface area contributed by atoms with E-state index < -0.39 is 18.5 Å². The van der Waals surface area contributed by atoms with Gasteiger partial charge in [0.1, 0.15) is 12.2 Å². The molecule has 3 rings (SSSR count). The molecule has 1 aromatic heterocycles. The predicted molar refractivity (Wildman–Crippen MR) is 101 cm³/mol. The highest BCUT2D eigenvalue weighted by atomic mass is 19.4. The fourth-order valence-electron chi connectivity index (χ4n) is 3.00. The summed E-state index contributed by atoms with van der Waals surface area (Å²) in [5, 5.41) is 3.17. The van der Waals surface area contributed by atoms with Crippen LogP contribution in [0.15, 0.2) is 30.3 Å². The molecule has 1 saturated heterocycles. The summed E-state index contributed by atoms with van der Waals surface area (Å²) in [5.74, 6) is 0.257. The van der Waals surface area contributed by atoms with E-state index >= 15 is 0 Å². The Morgan fingerprint density at radius 1 is 1.07 bits per heavy atom. The highest BCUT2D eigenvalue weighted by molar-refractivity contribution is 5.77. The lowest BCUT2D eigenvalue weighted by molar-refractivity contribution is -0.161. The summed E-state index contributed by atoms with van der Waals surface area (Å²) in [6.45, 7) is 5.17. The molecule has 1 N–H and O–H groups in total. The summed E-state index contributed by atoms with van der Waals surface area (Å²) in [6, 6.07) is 9.66. The number of carbonyl (C=O) groups is 1. The fraction of sp³-hybridized carbons (Fsp3) is 0.421. The van der Waals surface area contributed by atoms with Crippen LogP contribution in [0.25, 0.3) is 0 Å². The molecule has 6 nitrogen and oxygen atoms in total. The minimum atomic E-state index is -4.48. The van der Waals surface area contributed by atoms with Gasteiger partial charge in [0.15, 0.2) is 0 Å². The quantitative estimate of drug-likeness (QED) is 0.862. The average Bonchev–Trinajstić information content (AvgIpc) is 2.62. The molecule has 150 valence electrons. The first-order valence-corrected chi connectivity index (χ1v) is 8.98. The number of benzene rings is 1. The Balaban J connectivity index is 1.65. The van der Waals surface area contributed by atoms with Gasteiger partial charge in [-0.2, -0.15) is 18.2 Å². The first kappa shape index (κ1) is 19.9. The number of nitrogens with zero attached hydrogens (tertiary/aromatic N) is 4. The van der Waals surface area contributed by atoms with E-state index in [4.69, 9.17) is 0 Å². The zero-order chi connectivity index (χ0) is 20.3. The molecule has 0 saturated carbocycles. The largest absolute Gasteiger partial charge is 0.397 e. The Labute approximate surface area is 161 Å². The van der Waals surface area contributed by atoms with Gasteiger partial charge in [-0.1, -0.05) is 17.7 Å². The third kappa shape index (κ3) is 5.34. The number of hydrogen-bond donors (Lipinski definition) is 1. The van der Waals surface area contributed by atoms with Crippen molar-refractivity contribution in [2.75, 3.05) is 36.4 Å². The Bertz CT molecular complexity index is 830. The van der Waals surface area contributed by atoms with Crippen LogP contribution in [0.4, 0.5) is 30.6 Å². The van der Waals surface area contributed by atoms with Crippen LogP contribution in [0.3, 0.4) is 0 Å². The predicted octanol–water partition coefficient (Wildman–Crippen LogP) is 3.44. The summed E-state index contributed by atoms with van der Waals surface area (Å²) in [5.41, 5.74) is 2.79. The maximum atomic E-state index is 12.4. The molecule has 9 heteroatoms. The molecule has 1 amide bonds. The summed E-state index contributed by atoms with van der Waals surface area (Å²) in [4.78, 5) is 23.9. The van der Waals surface area contributed by atoms with E-state index in [9.17, 15) is 18.0 Å². The van der Waals surface area contributed by atoms with Gasteiger partial charge in [-0.3, -0.25) is 4.79 Å². The first-order valence-electron chi connectivity index (χ1n) is 8.98. The number of amides is 1. The zero-order valence-electron chi connectivity index (χ0n) is 15.8. The van der Waals surface area contributed by atoms with Crippen LogP contribution in [0.2, 0.25) is 0 Å². The number of aromatic nitrogens is 2. The van der Waals surface area contributed by atoms with Gasteiger partial charge in [-0.05, 0) is 26.0 Å². The molecule has 0 bridgehead atoms. The highest BCUT2D eigenvalue weighted by Crippen LogP contribution is 2.23. The van der Waals surface area contributed by atoms with E-state index in [1.54, 1.807) is 0 Å². The number of carbonyl (C=O) groups excluding carboxylic acids is 1. The molecular formula is C19H22F3N5O. The lowest BCUT2D eigenvalue weighted by Crippen LogP contribution is -2.49. The maximum absolute atomic E-state index is 12.4. The van der Waals surface area contributed by atoms with Crippen molar-refractivity contribution in [1.29, 1.82) is 0 Å². The lowest BCUT2D eigenvalue weighted by atomic mass is 10.2. The first-order chi connectivity index (χ1) is 13.2. The van der Waals surface area contributed by atoms with Crippen molar-refractivity contribution in [1.82, 2.24) is 14.9 Å². The fourth-order valence-corrected chi connectivity index (χ4v) is 3.00. The van der Waals surface area contributed by atoms with E-state index in [1.165, 1.54) is 4.90 Å². The van der Waals surface area contributed by atoms with Crippen molar-refractivity contribution in [3.8, 4) is 0 Å². The van der Waals surface area contributed by atoms with Gasteiger partial charge < -0.3 is 15.1 Å². The molecule has 0 radical (unpaired) electrons. The van der Waals surface area contributed by atoms with E-state index in [2.05, 4.69) is 15.3 Å². The van der Waals surface area contributed by atoms with Gasteiger partial charge in [-0.25, -0.2) is 4.98 Å². The number of piperazine rings is 1. The van der Waals surface area contributed by atoms with Crippen molar-refractivity contribution in [2.24, 2.45) is 0 Å². The second-order valence-corrected chi connectivity index (χ2v) is 6.84. The van der Waals surface area contributed by atoms with Gasteiger partial charge in [-0.15, -0.1) is 0 Å². The molecule has 1 aromatic carbocycles. The molecule has 0 spiro atoms. The molecule has 1 fully saturated rings. The number of anilines is 3. The van der Waals surface area contributed by atoms with Crippen LogP contribution >= 0.6 is 0 Å². The summed E-state index contributed by atoms with van der Waals surface area (Å²) >= 11 is 0. The Morgan fingerprint density at radius 2 is 1.71 bits per heavy atom. The smallest absolute Gasteiger partial charge is 0.353 e. The Kier molecular flexibility index (Phi) is 5.71. The van der Waals surface area contributed by atoms with Crippen LogP contribution in [0.1, 0.15) is 17.7 Å². The number of hydrogen-bond acceptors (Lipinski definition) is 5. The highest BCUT2D eigenvalue weighted by Gasteiger charge is 2.34. The molecule has 2 heterocycles. The van der Waals surface area contributed by atoms with Crippen LogP contribution in [0.5, 0.6) is 0 Å². The van der Waals surface area contributed by atoms with E-state index in [1.807, 2.05) is 49.1 Å². The third-order valence-electron chi connectivity index (χ3n) is 4.46.